The van der Waals surface area contributed by atoms with Crippen molar-refractivity contribution in [2.75, 3.05) is 13.3 Å². The first-order chi connectivity index (χ1) is 8.78. The van der Waals surface area contributed by atoms with Crippen molar-refractivity contribution in [2.45, 2.75) is 32.7 Å². The van der Waals surface area contributed by atoms with Crippen LogP contribution in [0.25, 0.3) is 0 Å². The van der Waals surface area contributed by atoms with Gasteiger partial charge in [0.2, 0.25) is 12.7 Å². The summed E-state index contributed by atoms with van der Waals surface area (Å²) in [6.07, 6.45) is 2.45. The first-order valence-electron chi connectivity index (χ1n) is 6.47. The second-order valence-corrected chi connectivity index (χ2v) is 4.79. The van der Waals surface area contributed by atoms with Gasteiger partial charge in [-0.25, -0.2) is 0 Å². The average Bonchev–Trinajstić information content (AvgIpc) is 2.82. The van der Waals surface area contributed by atoms with Crippen LogP contribution in [0.2, 0.25) is 0 Å². The number of fused-ring (bicyclic) bond motifs is 2. The van der Waals surface area contributed by atoms with Crippen LogP contribution in [0.4, 0.5) is 0 Å². The fourth-order valence-corrected chi connectivity index (χ4v) is 2.53. The summed E-state index contributed by atoms with van der Waals surface area (Å²) >= 11 is 0. The zero-order valence-electron chi connectivity index (χ0n) is 10.6. The molecule has 0 radical (unpaired) electrons. The number of hydrogen-bond donors (Lipinski definition) is 0. The summed E-state index contributed by atoms with van der Waals surface area (Å²) in [7, 11) is 0. The Balaban J connectivity index is 1.82. The SMILES string of the molecule is CCCC(=O)N1CCc2cc3c(cc2C1)OCO3. The molecule has 4 nitrogen and oxygen atoms in total. The molecule has 0 unspecified atom stereocenters. The van der Waals surface area contributed by atoms with Gasteiger partial charge in [-0.1, -0.05) is 6.92 Å². The van der Waals surface area contributed by atoms with E-state index in [0.29, 0.717) is 19.8 Å². The van der Waals surface area contributed by atoms with Crippen molar-refractivity contribution in [3.05, 3.63) is 23.3 Å². The Morgan fingerprint density at radius 1 is 1.28 bits per heavy atom. The summed E-state index contributed by atoms with van der Waals surface area (Å²) < 4.78 is 10.8. The van der Waals surface area contributed by atoms with Crippen LogP contribution in [-0.4, -0.2) is 24.1 Å². The number of carbonyl (C=O) groups excluding carboxylic acids is 1. The van der Waals surface area contributed by atoms with Crippen molar-refractivity contribution in [3.63, 3.8) is 0 Å². The largest absolute Gasteiger partial charge is 0.454 e. The highest BCUT2D eigenvalue weighted by molar-refractivity contribution is 5.76. The zero-order chi connectivity index (χ0) is 12.5. The molecule has 0 saturated heterocycles. The Hall–Kier alpha value is -1.71. The van der Waals surface area contributed by atoms with Gasteiger partial charge in [0.05, 0.1) is 0 Å². The molecule has 0 atom stereocenters. The van der Waals surface area contributed by atoms with Gasteiger partial charge in [-0.3, -0.25) is 4.79 Å². The Kier molecular flexibility index (Phi) is 2.86. The van der Waals surface area contributed by atoms with Gasteiger partial charge in [0.15, 0.2) is 11.5 Å². The van der Waals surface area contributed by atoms with E-state index in [0.717, 1.165) is 30.9 Å². The number of ether oxygens (including phenoxy) is 2. The van der Waals surface area contributed by atoms with Crippen molar-refractivity contribution in [1.82, 2.24) is 4.90 Å². The highest BCUT2D eigenvalue weighted by atomic mass is 16.7. The molecule has 0 aliphatic carbocycles. The lowest BCUT2D eigenvalue weighted by Gasteiger charge is -2.29. The van der Waals surface area contributed by atoms with E-state index < -0.39 is 0 Å². The Morgan fingerprint density at radius 3 is 2.72 bits per heavy atom. The molecule has 2 aliphatic rings. The van der Waals surface area contributed by atoms with Gasteiger partial charge >= 0.3 is 0 Å². The van der Waals surface area contributed by atoms with Gasteiger partial charge in [0.1, 0.15) is 0 Å². The molecule has 0 saturated carbocycles. The minimum Gasteiger partial charge on any atom is -0.454 e. The van der Waals surface area contributed by atoms with Crippen LogP contribution >= 0.6 is 0 Å². The van der Waals surface area contributed by atoms with Gasteiger partial charge in [0, 0.05) is 19.5 Å². The molecule has 0 fully saturated rings. The third kappa shape index (κ3) is 1.92. The maximum atomic E-state index is 11.9. The van der Waals surface area contributed by atoms with E-state index >= 15 is 0 Å². The molecular formula is C14H17NO3. The summed E-state index contributed by atoms with van der Waals surface area (Å²) in [5.74, 6) is 1.89. The summed E-state index contributed by atoms with van der Waals surface area (Å²) in [5.41, 5.74) is 2.47. The normalized spacial score (nSPS) is 16.6. The Morgan fingerprint density at radius 2 is 2.00 bits per heavy atom. The van der Waals surface area contributed by atoms with Crippen LogP contribution in [0.15, 0.2) is 12.1 Å². The van der Waals surface area contributed by atoms with Crippen molar-refractivity contribution in [1.29, 1.82) is 0 Å². The van der Waals surface area contributed by atoms with Crippen LogP contribution in [-0.2, 0) is 17.8 Å². The number of benzene rings is 1. The quantitative estimate of drug-likeness (QED) is 0.803. The predicted octanol–water partition coefficient (Wildman–Crippen LogP) is 2.10. The highest BCUT2D eigenvalue weighted by Crippen LogP contribution is 2.36. The molecule has 1 amide bonds. The van der Waals surface area contributed by atoms with E-state index in [4.69, 9.17) is 9.47 Å². The van der Waals surface area contributed by atoms with Crippen LogP contribution in [0, 0.1) is 0 Å². The smallest absolute Gasteiger partial charge is 0.231 e. The van der Waals surface area contributed by atoms with Crippen molar-refractivity contribution >= 4 is 5.91 Å². The molecule has 18 heavy (non-hydrogen) atoms. The van der Waals surface area contributed by atoms with E-state index in [9.17, 15) is 4.79 Å². The molecule has 0 aromatic heterocycles. The topological polar surface area (TPSA) is 38.8 Å². The van der Waals surface area contributed by atoms with E-state index in [1.807, 2.05) is 17.9 Å². The summed E-state index contributed by atoms with van der Waals surface area (Å²) in [6, 6.07) is 4.07. The van der Waals surface area contributed by atoms with Crippen molar-refractivity contribution in [3.8, 4) is 11.5 Å². The standard InChI is InChI=1S/C14H17NO3/c1-2-3-14(16)15-5-4-10-6-12-13(18-9-17-12)7-11(10)8-15/h6-7H,2-5,8-9H2,1H3. The van der Waals surface area contributed by atoms with Gasteiger partial charge in [-0.05, 0) is 36.1 Å². The second kappa shape index (κ2) is 4.52. The average molecular weight is 247 g/mol. The van der Waals surface area contributed by atoms with Crippen LogP contribution in [0.5, 0.6) is 11.5 Å². The molecular weight excluding hydrogens is 230 g/mol. The lowest BCUT2D eigenvalue weighted by atomic mass is 9.98. The first kappa shape index (κ1) is 11.4. The van der Waals surface area contributed by atoms with Crippen molar-refractivity contribution < 1.29 is 14.3 Å². The fraction of sp³-hybridized carbons (Fsp3) is 0.500. The lowest BCUT2D eigenvalue weighted by Crippen LogP contribution is -2.35. The Labute approximate surface area is 106 Å². The summed E-state index contributed by atoms with van der Waals surface area (Å²) in [4.78, 5) is 13.9. The van der Waals surface area contributed by atoms with Gasteiger partial charge in [-0.15, -0.1) is 0 Å². The fourth-order valence-electron chi connectivity index (χ4n) is 2.53. The lowest BCUT2D eigenvalue weighted by molar-refractivity contribution is -0.132. The van der Waals surface area contributed by atoms with E-state index in [1.165, 1.54) is 11.1 Å². The number of nitrogens with zero attached hydrogens (tertiary/aromatic N) is 1. The second-order valence-electron chi connectivity index (χ2n) is 4.79. The van der Waals surface area contributed by atoms with Gasteiger partial charge in [-0.2, -0.15) is 0 Å². The summed E-state index contributed by atoms with van der Waals surface area (Å²) in [5, 5.41) is 0. The van der Waals surface area contributed by atoms with Gasteiger partial charge in [0.25, 0.3) is 0 Å². The Bertz CT molecular complexity index is 484. The third-order valence-corrected chi connectivity index (χ3v) is 3.52. The minimum atomic E-state index is 0.251. The molecule has 2 heterocycles. The predicted molar refractivity (Wildman–Crippen MR) is 66.6 cm³/mol. The highest BCUT2D eigenvalue weighted by Gasteiger charge is 2.24. The molecule has 0 bridgehead atoms. The minimum absolute atomic E-state index is 0.251. The number of amides is 1. The molecule has 3 rings (SSSR count). The maximum absolute atomic E-state index is 11.9. The van der Waals surface area contributed by atoms with Crippen LogP contribution in [0.1, 0.15) is 30.9 Å². The van der Waals surface area contributed by atoms with Crippen LogP contribution in [0.3, 0.4) is 0 Å². The van der Waals surface area contributed by atoms with Gasteiger partial charge < -0.3 is 14.4 Å². The number of hydrogen-bond acceptors (Lipinski definition) is 3. The third-order valence-electron chi connectivity index (χ3n) is 3.52. The van der Waals surface area contributed by atoms with E-state index in [1.54, 1.807) is 0 Å². The molecule has 0 N–H and O–H groups in total. The molecule has 0 spiro atoms. The molecule has 1 aromatic rings. The first-order valence-corrected chi connectivity index (χ1v) is 6.47. The molecule has 96 valence electrons. The summed E-state index contributed by atoms with van der Waals surface area (Å²) in [6.45, 7) is 3.85. The number of rotatable bonds is 2. The number of carbonyl (C=O) groups is 1. The molecule has 4 heteroatoms. The zero-order valence-corrected chi connectivity index (χ0v) is 10.6. The molecule has 1 aromatic carbocycles. The van der Waals surface area contributed by atoms with Crippen molar-refractivity contribution in [2.24, 2.45) is 0 Å². The maximum Gasteiger partial charge on any atom is 0.231 e. The monoisotopic (exact) mass is 247 g/mol. The van der Waals surface area contributed by atoms with Crippen LogP contribution < -0.4 is 9.47 Å². The van der Waals surface area contributed by atoms with E-state index in [2.05, 4.69) is 6.07 Å². The van der Waals surface area contributed by atoms with E-state index in [-0.39, 0.29) is 5.91 Å². The molecule has 2 aliphatic heterocycles.